The third kappa shape index (κ3) is 4.83. The number of aromatic nitrogens is 1. The van der Waals surface area contributed by atoms with Crippen LogP contribution in [0.25, 0.3) is 5.69 Å². The highest BCUT2D eigenvalue weighted by Crippen LogP contribution is 2.36. The SMILES string of the molecule is CN(C1CC(C(=O)Nc2ccc(-n3ccccc3=O)cc2F)CC1C(N)=O)S(C)(=O)=O. The lowest BCUT2D eigenvalue weighted by atomic mass is 10.0. The Morgan fingerprint density at radius 2 is 1.94 bits per heavy atom. The number of carbonyl (C=O) groups is 2. The maximum absolute atomic E-state index is 14.6. The molecule has 1 aromatic carbocycles. The number of pyridine rings is 1. The first kappa shape index (κ1) is 22.6. The number of anilines is 1. The van der Waals surface area contributed by atoms with Gasteiger partial charge in [-0.3, -0.25) is 19.0 Å². The number of nitrogens with one attached hydrogen (secondary N) is 1. The molecule has 1 heterocycles. The minimum atomic E-state index is -3.60. The van der Waals surface area contributed by atoms with Crippen molar-refractivity contribution >= 4 is 27.5 Å². The van der Waals surface area contributed by atoms with Crippen LogP contribution in [0.5, 0.6) is 0 Å². The van der Waals surface area contributed by atoms with E-state index in [1.54, 1.807) is 12.1 Å². The van der Waals surface area contributed by atoms with Crippen molar-refractivity contribution < 1.29 is 22.4 Å². The molecule has 1 saturated carbocycles. The second kappa shape index (κ2) is 8.60. The zero-order chi connectivity index (χ0) is 22.9. The van der Waals surface area contributed by atoms with Gasteiger partial charge in [0, 0.05) is 37.3 Å². The number of hydrogen-bond donors (Lipinski definition) is 2. The lowest BCUT2D eigenvalue weighted by molar-refractivity contribution is -0.122. The first-order chi connectivity index (χ1) is 14.5. The Bertz CT molecular complexity index is 1180. The monoisotopic (exact) mass is 450 g/mol. The number of benzene rings is 1. The number of nitrogens with two attached hydrogens (primary N) is 1. The van der Waals surface area contributed by atoms with Crippen LogP contribution in [-0.2, 0) is 19.6 Å². The van der Waals surface area contributed by atoms with E-state index in [2.05, 4.69) is 5.32 Å². The molecule has 1 aromatic heterocycles. The Morgan fingerprint density at radius 1 is 1.23 bits per heavy atom. The van der Waals surface area contributed by atoms with Gasteiger partial charge in [0.1, 0.15) is 5.82 Å². The first-order valence-corrected chi connectivity index (χ1v) is 11.3. The van der Waals surface area contributed by atoms with Gasteiger partial charge in [0.25, 0.3) is 5.56 Å². The van der Waals surface area contributed by atoms with Crippen molar-refractivity contribution in [1.29, 1.82) is 0 Å². The van der Waals surface area contributed by atoms with Gasteiger partial charge in [0.05, 0.1) is 23.5 Å². The van der Waals surface area contributed by atoms with Gasteiger partial charge in [0.2, 0.25) is 21.8 Å². The molecule has 0 bridgehead atoms. The van der Waals surface area contributed by atoms with E-state index in [0.717, 1.165) is 16.6 Å². The number of amides is 2. The van der Waals surface area contributed by atoms with Crippen molar-refractivity contribution in [2.24, 2.45) is 17.6 Å². The van der Waals surface area contributed by atoms with Gasteiger partial charge < -0.3 is 11.1 Å². The van der Waals surface area contributed by atoms with Gasteiger partial charge in [-0.15, -0.1) is 0 Å². The fourth-order valence-electron chi connectivity index (χ4n) is 3.81. The molecule has 2 amide bonds. The molecule has 2 aromatic rings. The quantitative estimate of drug-likeness (QED) is 0.668. The summed E-state index contributed by atoms with van der Waals surface area (Å²) in [5.74, 6) is -3.52. The second-order valence-electron chi connectivity index (χ2n) is 7.59. The minimum Gasteiger partial charge on any atom is -0.369 e. The van der Waals surface area contributed by atoms with Crippen LogP contribution >= 0.6 is 0 Å². The summed E-state index contributed by atoms with van der Waals surface area (Å²) in [6.45, 7) is 0. The summed E-state index contributed by atoms with van der Waals surface area (Å²) in [5, 5.41) is 2.48. The zero-order valence-corrected chi connectivity index (χ0v) is 17.8. The molecule has 1 fully saturated rings. The molecule has 1 aliphatic rings. The van der Waals surface area contributed by atoms with Crippen LogP contribution in [-0.4, -0.2) is 48.4 Å². The molecule has 166 valence electrons. The van der Waals surface area contributed by atoms with Crippen molar-refractivity contribution in [2.45, 2.75) is 18.9 Å². The summed E-state index contributed by atoms with van der Waals surface area (Å²) in [6, 6.07) is 7.74. The summed E-state index contributed by atoms with van der Waals surface area (Å²) < 4.78 is 40.6. The van der Waals surface area contributed by atoms with Crippen LogP contribution in [0.2, 0.25) is 0 Å². The van der Waals surface area contributed by atoms with Crippen LogP contribution < -0.4 is 16.6 Å². The van der Waals surface area contributed by atoms with Crippen LogP contribution in [0, 0.1) is 17.7 Å². The Kier molecular flexibility index (Phi) is 6.27. The maximum Gasteiger partial charge on any atom is 0.255 e. The Morgan fingerprint density at radius 3 is 2.52 bits per heavy atom. The summed E-state index contributed by atoms with van der Waals surface area (Å²) in [4.78, 5) is 36.4. The largest absolute Gasteiger partial charge is 0.369 e. The number of sulfonamides is 1. The molecule has 0 radical (unpaired) electrons. The van der Waals surface area contributed by atoms with Crippen molar-refractivity contribution in [3.05, 3.63) is 58.8 Å². The number of hydrogen-bond acceptors (Lipinski definition) is 5. The zero-order valence-electron chi connectivity index (χ0n) is 17.0. The molecule has 9 nitrogen and oxygen atoms in total. The number of nitrogens with zero attached hydrogens (tertiary/aromatic N) is 2. The summed E-state index contributed by atoms with van der Waals surface area (Å²) >= 11 is 0. The topological polar surface area (TPSA) is 132 Å². The van der Waals surface area contributed by atoms with Gasteiger partial charge in [-0.2, -0.15) is 0 Å². The van der Waals surface area contributed by atoms with Crippen LogP contribution in [0.1, 0.15) is 12.8 Å². The summed E-state index contributed by atoms with van der Waals surface area (Å²) in [7, 11) is -2.26. The van der Waals surface area contributed by atoms with Crippen LogP contribution in [0.3, 0.4) is 0 Å². The molecular formula is C20H23FN4O5S. The molecule has 0 aliphatic heterocycles. The van der Waals surface area contributed by atoms with Crippen LogP contribution in [0.15, 0.2) is 47.4 Å². The van der Waals surface area contributed by atoms with E-state index in [0.29, 0.717) is 5.69 Å². The number of halogens is 1. The molecular weight excluding hydrogens is 427 g/mol. The molecule has 3 N–H and O–H groups in total. The Labute approximate surface area is 178 Å². The van der Waals surface area contributed by atoms with E-state index in [1.807, 2.05) is 0 Å². The highest BCUT2D eigenvalue weighted by molar-refractivity contribution is 7.88. The number of carbonyl (C=O) groups excluding carboxylic acids is 2. The average molecular weight is 450 g/mol. The lowest BCUT2D eigenvalue weighted by Crippen LogP contribution is -2.43. The third-order valence-corrected chi connectivity index (χ3v) is 6.88. The molecule has 3 unspecified atom stereocenters. The molecule has 0 spiro atoms. The molecule has 11 heteroatoms. The van der Waals surface area contributed by atoms with Crippen molar-refractivity contribution in [2.75, 3.05) is 18.6 Å². The molecule has 31 heavy (non-hydrogen) atoms. The fourth-order valence-corrected chi connectivity index (χ4v) is 4.54. The van der Waals surface area contributed by atoms with E-state index in [-0.39, 0.29) is 24.1 Å². The molecule has 3 atom stereocenters. The standard InChI is InChI=1S/C20H23FN4O5S/c1-24(31(2,29)30)17-10-12(9-14(17)19(22)27)20(28)23-16-7-6-13(11-15(16)21)25-8-4-3-5-18(25)26/h3-8,11-12,14,17H,9-10H2,1-2H3,(H2,22,27)(H,23,28). The smallest absolute Gasteiger partial charge is 0.255 e. The van der Waals surface area contributed by atoms with E-state index in [4.69, 9.17) is 5.73 Å². The van der Waals surface area contributed by atoms with Crippen molar-refractivity contribution in [3.8, 4) is 5.69 Å². The van der Waals surface area contributed by atoms with Gasteiger partial charge in [0.15, 0.2) is 0 Å². The highest BCUT2D eigenvalue weighted by Gasteiger charge is 2.44. The van der Waals surface area contributed by atoms with E-state index < -0.39 is 45.5 Å². The van der Waals surface area contributed by atoms with E-state index in [9.17, 15) is 27.2 Å². The highest BCUT2D eigenvalue weighted by atomic mass is 32.2. The maximum atomic E-state index is 14.6. The molecule has 1 aliphatic carbocycles. The molecule has 3 rings (SSSR count). The third-order valence-electron chi connectivity index (χ3n) is 5.57. The van der Waals surface area contributed by atoms with Gasteiger partial charge in [-0.05, 0) is 31.0 Å². The lowest BCUT2D eigenvalue weighted by Gasteiger charge is -2.25. The van der Waals surface area contributed by atoms with Gasteiger partial charge in [-0.25, -0.2) is 17.1 Å². The Balaban J connectivity index is 1.78. The fraction of sp³-hybridized carbons (Fsp3) is 0.350. The Hall–Kier alpha value is -3.05. The van der Waals surface area contributed by atoms with E-state index in [1.165, 1.54) is 36.0 Å². The van der Waals surface area contributed by atoms with Gasteiger partial charge in [-0.1, -0.05) is 6.07 Å². The second-order valence-corrected chi connectivity index (χ2v) is 9.63. The van der Waals surface area contributed by atoms with Crippen LogP contribution in [0.4, 0.5) is 10.1 Å². The first-order valence-electron chi connectivity index (χ1n) is 9.50. The summed E-state index contributed by atoms with van der Waals surface area (Å²) in [5.41, 5.74) is 5.29. The van der Waals surface area contributed by atoms with Crippen molar-refractivity contribution in [1.82, 2.24) is 8.87 Å². The predicted molar refractivity (Wildman–Crippen MR) is 112 cm³/mol. The van der Waals surface area contributed by atoms with Crippen molar-refractivity contribution in [3.63, 3.8) is 0 Å². The summed E-state index contributed by atoms with van der Waals surface area (Å²) in [6.07, 6.45) is 2.65. The average Bonchev–Trinajstić information content (AvgIpc) is 3.14. The number of primary amides is 1. The molecule has 0 saturated heterocycles. The normalized spacial score (nSPS) is 21.2. The predicted octanol–water partition coefficient (Wildman–Crippen LogP) is 0.687. The van der Waals surface area contributed by atoms with Gasteiger partial charge >= 0.3 is 0 Å². The minimum absolute atomic E-state index is 0.0603. The van der Waals surface area contributed by atoms with E-state index >= 15 is 0 Å². The number of rotatable bonds is 6.